The van der Waals surface area contributed by atoms with Crippen molar-refractivity contribution in [3.05, 3.63) is 27.7 Å². The molecule has 1 aliphatic rings. The number of fused-ring (bicyclic) bond motifs is 1. The van der Waals surface area contributed by atoms with Gasteiger partial charge in [0.15, 0.2) is 0 Å². The zero-order valence-electron chi connectivity index (χ0n) is 9.58. The van der Waals surface area contributed by atoms with Gasteiger partial charge in [0.1, 0.15) is 0 Å². The van der Waals surface area contributed by atoms with E-state index in [1.165, 1.54) is 35.5 Å². The highest BCUT2D eigenvalue weighted by molar-refractivity contribution is 9.10. The minimum Gasteiger partial charge on any atom is -0.314 e. The number of halogens is 1. The van der Waals surface area contributed by atoms with E-state index in [0.29, 0.717) is 6.04 Å². The Bertz CT molecular complexity index is 517. The Morgan fingerprint density at radius 2 is 2.35 bits per heavy atom. The van der Waals surface area contributed by atoms with E-state index in [9.17, 15) is 0 Å². The number of nitrogens with zero attached hydrogens (tertiary/aromatic N) is 1. The van der Waals surface area contributed by atoms with Gasteiger partial charge in [0, 0.05) is 16.9 Å². The second-order valence-electron chi connectivity index (χ2n) is 4.57. The molecule has 90 valence electrons. The summed E-state index contributed by atoms with van der Waals surface area (Å²) in [7, 11) is 0. The van der Waals surface area contributed by atoms with E-state index in [4.69, 9.17) is 4.98 Å². The Kier molecular flexibility index (Phi) is 3.45. The molecule has 0 saturated carbocycles. The van der Waals surface area contributed by atoms with Gasteiger partial charge in [-0.1, -0.05) is 22.4 Å². The van der Waals surface area contributed by atoms with Crippen molar-refractivity contribution in [1.82, 2.24) is 10.3 Å². The van der Waals surface area contributed by atoms with E-state index < -0.39 is 0 Å². The highest BCUT2D eigenvalue weighted by atomic mass is 79.9. The van der Waals surface area contributed by atoms with Crippen LogP contribution in [0.3, 0.4) is 0 Å². The molecule has 1 fully saturated rings. The van der Waals surface area contributed by atoms with Crippen LogP contribution in [-0.2, 0) is 6.42 Å². The first-order valence-electron chi connectivity index (χ1n) is 6.09. The first kappa shape index (κ1) is 11.6. The maximum Gasteiger partial charge on any atom is 0.0954 e. The number of nitrogens with one attached hydrogen (secondary N) is 1. The Labute approximate surface area is 114 Å². The molecule has 4 heteroatoms. The molecule has 2 nitrogen and oxygen atoms in total. The molecule has 0 spiro atoms. The Morgan fingerprint density at radius 1 is 1.41 bits per heavy atom. The van der Waals surface area contributed by atoms with Crippen LogP contribution in [0, 0.1) is 0 Å². The third kappa shape index (κ3) is 2.69. The van der Waals surface area contributed by atoms with E-state index >= 15 is 0 Å². The molecule has 0 bridgehead atoms. The molecule has 0 radical (unpaired) electrons. The van der Waals surface area contributed by atoms with Crippen molar-refractivity contribution in [3.8, 4) is 0 Å². The number of thiazole rings is 1. The van der Waals surface area contributed by atoms with Gasteiger partial charge in [-0.25, -0.2) is 4.98 Å². The lowest BCUT2D eigenvalue weighted by Gasteiger charge is -2.22. The number of benzene rings is 1. The van der Waals surface area contributed by atoms with E-state index in [-0.39, 0.29) is 0 Å². The predicted molar refractivity (Wildman–Crippen MR) is 76.7 cm³/mol. The molecule has 0 amide bonds. The molecule has 2 aromatic rings. The van der Waals surface area contributed by atoms with E-state index in [2.05, 4.69) is 39.4 Å². The smallest absolute Gasteiger partial charge is 0.0954 e. The summed E-state index contributed by atoms with van der Waals surface area (Å²) in [5.41, 5.74) is 1.12. The molecule has 1 saturated heterocycles. The summed E-state index contributed by atoms with van der Waals surface area (Å²) in [4.78, 5) is 4.72. The zero-order valence-corrected chi connectivity index (χ0v) is 12.0. The minimum atomic E-state index is 0.632. The van der Waals surface area contributed by atoms with E-state index in [1.807, 2.05) is 11.3 Å². The SMILES string of the molecule is Brc1ccc2sc(CC3CCCCN3)nc2c1. The third-order valence-electron chi connectivity index (χ3n) is 3.23. The van der Waals surface area contributed by atoms with Crippen molar-refractivity contribution in [1.29, 1.82) is 0 Å². The monoisotopic (exact) mass is 310 g/mol. The maximum atomic E-state index is 4.72. The van der Waals surface area contributed by atoms with Gasteiger partial charge in [0.2, 0.25) is 0 Å². The van der Waals surface area contributed by atoms with Gasteiger partial charge in [-0.3, -0.25) is 0 Å². The van der Waals surface area contributed by atoms with E-state index in [0.717, 1.165) is 16.4 Å². The average Bonchev–Trinajstić information content (AvgIpc) is 2.71. The number of rotatable bonds is 2. The number of piperidine rings is 1. The lowest BCUT2D eigenvalue weighted by atomic mass is 10.0. The normalized spacial score (nSPS) is 20.9. The first-order chi connectivity index (χ1) is 8.31. The van der Waals surface area contributed by atoms with Crippen LogP contribution in [0.25, 0.3) is 10.2 Å². The molecule has 1 unspecified atom stereocenters. The van der Waals surface area contributed by atoms with E-state index in [1.54, 1.807) is 0 Å². The highest BCUT2D eigenvalue weighted by Gasteiger charge is 2.15. The summed E-state index contributed by atoms with van der Waals surface area (Å²) in [5, 5.41) is 4.84. The molecule has 1 aromatic heterocycles. The van der Waals surface area contributed by atoms with Gasteiger partial charge in [-0.2, -0.15) is 0 Å². The third-order valence-corrected chi connectivity index (χ3v) is 4.78. The van der Waals surface area contributed by atoms with Gasteiger partial charge in [0.05, 0.1) is 15.2 Å². The van der Waals surface area contributed by atoms with Crippen LogP contribution >= 0.6 is 27.3 Å². The second kappa shape index (κ2) is 5.04. The Morgan fingerprint density at radius 3 is 3.18 bits per heavy atom. The number of aromatic nitrogens is 1. The molecular formula is C13H15BrN2S. The van der Waals surface area contributed by atoms with Crippen LogP contribution in [0.4, 0.5) is 0 Å². The summed E-state index contributed by atoms with van der Waals surface area (Å²) in [6.45, 7) is 1.17. The highest BCUT2D eigenvalue weighted by Crippen LogP contribution is 2.26. The minimum absolute atomic E-state index is 0.632. The predicted octanol–water partition coefficient (Wildman–Crippen LogP) is 3.74. The number of hydrogen-bond donors (Lipinski definition) is 1. The molecule has 1 aromatic carbocycles. The van der Waals surface area contributed by atoms with Crippen molar-refractivity contribution in [2.45, 2.75) is 31.7 Å². The van der Waals surface area contributed by atoms with Gasteiger partial charge >= 0.3 is 0 Å². The van der Waals surface area contributed by atoms with Crippen LogP contribution in [0.1, 0.15) is 24.3 Å². The molecule has 1 aliphatic heterocycles. The fourth-order valence-corrected chi connectivity index (χ4v) is 3.72. The molecule has 17 heavy (non-hydrogen) atoms. The lowest BCUT2D eigenvalue weighted by molar-refractivity contribution is 0.399. The van der Waals surface area contributed by atoms with Crippen molar-refractivity contribution in [2.75, 3.05) is 6.54 Å². The summed E-state index contributed by atoms with van der Waals surface area (Å²) >= 11 is 5.32. The van der Waals surface area contributed by atoms with Crippen molar-refractivity contribution in [2.24, 2.45) is 0 Å². The Balaban J connectivity index is 1.80. The summed E-state index contributed by atoms with van der Waals surface area (Å²) in [6, 6.07) is 6.97. The lowest BCUT2D eigenvalue weighted by Crippen LogP contribution is -2.35. The second-order valence-corrected chi connectivity index (χ2v) is 6.60. The summed E-state index contributed by atoms with van der Waals surface area (Å²) in [6.07, 6.45) is 5.05. The van der Waals surface area contributed by atoms with Gasteiger partial charge < -0.3 is 5.32 Å². The fraction of sp³-hybridized carbons (Fsp3) is 0.462. The standard InChI is InChI=1S/C13H15BrN2S/c14-9-4-5-12-11(7-9)16-13(17-12)8-10-3-1-2-6-15-10/h4-5,7,10,15H,1-3,6,8H2. The molecule has 2 heterocycles. The van der Waals surface area contributed by atoms with Crippen LogP contribution in [-0.4, -0.2) is 17.6 Å². The van der Waals surface area contributed by atoms with Crippen molar-refractivity contribution >= 4 is 37.5 Å². The Hall–Kier alpha value is -0.450. The van der Waals surface area contributed by atoms with Gasteiger partial charge in [0.25, 0.3) is 0 Å². The fourth-order valence-electron chi connectivity index (χ4n) is 2.34. The molecule has 3 rings (SSSR count). The summed E-state index contributed by atoms with van der Waals surface area (Å²) < 4.78 is 2.40. The molecule has 1 atom stereocenters. The zero-order chi connectivity index (χ0) is 11.7. The van der Waals surface area contributed by atoms with Crippen LogP contribution in [0.2, 0.25) is 0 Å². The number of hydrogen-bond acceptors (Lipinski definition) is 3. The van der Waals surface area contributed by atoms with Crippen molar-refractivity contribution < 1.29 is 0 Å². The molecular weight excluding hydrogens is 296 g/mol. The largest absolute Gasteiger partial charge is 0.314 e. The quantitative estimate of drug-likeness (QED) is 0.914. The van der Waals surface area contributed by atoms with Gasteiger partial charge in [-0.05, 0) is 37.6 Å². The van der Waals surface area contributed by atoms with Crippen LogP contribution in [0.15, 0.2) is 22.7 Å². The maximum absolute atomic E-state index is 4.72. The van der Waals surface area contributed by atoms with Crippen molar-refractivity contribution in [3.63, 3.8) is 0 Å². The topological polar surface area (TPSA) is 24.9 Å². The average molecular weight is 311 g/mol. The summed E-state index contributed by atoms with van der Waals surface area (Å²) in [5.74, 6) is 0. The van der Waals surface area contributed by atoms with Crippen LogP contribution in [0.5, 0.6) is 0 Å². The first-order valence-corrected chi connectivity index (χ1v) is 7.70. The van der Waals surface area contributed by atoms with Crippen LogP contribution < -0.4 is 5.32 Å². The molecule has 0 aliphatic carbocycles. The van der Waals surface area contributed by atoms with Gasteiger partial charge in [-0.15, -0.1) is 11.3 Å². The molecule has 1 N–H and O–H groups in total.